The number of amides is 3. The average Bonchev–Trinajstić information content (AvgIpc) is 2.75. The molecule has 0 spiro atoms. The molecule has 0 bridgehead atoms. The molecule has 0 radical (unpaired) electrons. The number of aryl methyl sites for hydroxylation is 1. The van der Waals surface area contributed by atoms with Crippen molar-refractivity contribution < 1.29 is 19.1 Å². The summed E-state index contributed by atoms with van der Waals surface area (Å²) in [6.45, 7) is 9.38. The zero-order valence-electron chi connectivity index (χ0n) is 20.1. The fourth-order valence-corrected chi connectivity index (χ4v) is 3.64. The molecule has 8 heteroatoms. The Morgan fingerprint density at radius 2 is 1.91 bits per heavy atom. The lowest BCUT2D eigenvalue weighted by Gasteiger charge is -2.35. The topological polar surface area (TPSA) is 84.0 Å². The molecule has 178 valence electrons. The average molecular weight is 455 g/mol. The number of pyridine rings is 1. The summed E-state index contributed by atoms with van der Waals surface area (Å²) in [6.07, 6.45) is 3.09. The maximum atomic E-state index is 12.8. The largest absolute Gasteiger partial charge is 0.444 e. The summed E-state index contributed by atoms with van der Waals surface area (Å²) in [6, 6.07) is 11.0. The van der Waals surface area contributed by atoms with E-state index in [9.17, 15) is 9.59 Å². The third-order valence-corrected chi connectivity index (χ3v) is 5.27. The molecule has 3 amide bonds. The molecule has 3 rings (SSSR count). The van der Waals surface area contributed by atoms with Crippen LogP contribution in [0, 0.1) is 12.8 Å². The molecule has 33 heavy (non-hydrogen) atoms. The van der Waals surface area contributed by atoms with Gasteiger partial charge in [0.15, 0.2) is 0 Å². The van der Waals surface area contributed by atoms with Crippen molar-refractivity contribution in [2.24, 2.45) is 5.92 Å². The molecule has 8 nitrogen and oxygen atoms in total. The van der Waals surface area contributed by atoms with Crippen molar-refractivity contribution in [3.05, 3.63) is 48.2 Å². The maximum absolute atomic E-state index is 12.8. The van der Waals surface area contributed by atoms with E-state index in [2.05, 4.69) is 10.3 Å². The standard InChI is InChI=1S/C25H34N4O4/c1-18-8-11-21(12-9-18)32-22-13-10-20(15-26-22)27-23(30)29-14-6-7-19(17-29)16-28(5)24(31)33-25(2,3)4/h8-13,15,19H,6-7,14,16-17H2,1-5H3,(H,27,30). The number of anilines is 1. The number of nitrogens with one attached hydrogen (secondary N) is 1. The molecule has 1 atom stereocenters. The molecule has 1 aromatic carbocycles. The van der Waals surface area contributed by atoms with E-state index in [1.54, 1.807) is 35.2 Å². The number of benzene rings is 1. The number of carbonyl (C=O) groups excluding carboxylic acids is 2. The van der Waals surface area contributed by atoms with Crippen molar-refractivity contribution in [2.75, 3.05) is 32.0 Å². The highest BCUT2D eigenvalue weighted by Gasteiger charge is 2.27. The molecule has 0 saturated carbocycles. The van der Waals surface area contributed by atoms with E-state index in [1.807, 2.05) is 52.0 Å². The number of aromatic nitrogens is 1. The lowest BCUT2D eigenvalue weighted by Crippen LogP contribution is -2.46. The van der Waals surface area contributed by atoms with Gasteiger partial charge in [-0.1, -0.05) is 17.7 Å². The van der Waals surface area contributed by atoms with Crippen molar-refractivity contribution in [2.45, 2.75) is 46.1 Å². The van der Waals surface area contributed by atoms with Gasteiger partial charge in [0.05, 0.1) is 11.9 Å². The van der Waals surface area contributed by atoms with E-state index in [4.69, 9.17) is 9.47 Å². The SMILES string of the molecule is Cc1ccc(Oc2ccc(NC(=O)N3CCCC(CN(C)C(=O)OC(C)(C)C)C3)cn2)cc1. The van der Waals surface area contributed by atoms with Gasteiger partial charge < -0.3 is 24.6 Å². The Bertz CT molecular complexity index is 938. The number of carbonyl (C=O) groups is 2. The number of ether oxygens (including phenoxy) is 2. The molecule has 1 aromatic heterocycles. The van der Waals surface area contributed by atoms with Gasteiger partial charge in [-0.25, -0.2) is 14.6 Å². The van der Waals surface area contributed by atoms with Crippen LogP contribution in [0.2, 0.25) is 0 Å². The number of rotatable bonds is 5. The Balaban J connectivity index is 1.50. The van der Waals surface area contributed by atoms with Crippen LogP contribution in [-0.4, -0.2) is 59.2 Å². The first-order valence-electron chi connectivity index (χ1n) is 11.3. The van der Waals surface area contributed by atoms with Crippen molar-refractivity contribution >= 4 is 17.8 Å². The third kappa shape index (κ3) is 7.66. The summed E-state index contributed by atoms with van der Waals surface area (Å²) in [5, 5.41) is 2.90. The molecule has 0 aliphatic carbocycles. The molecule has 1 fully saturated rings. The molecule has 1 aliphatic heterocycles. The second kappa shape index (κ2) is 10.6. The fraction of sp³-hybridized carbons (Fsp3) is 0.480. The third-order valence-electron chi connectivity index (χ3n) is 5.27. The number of likely N-dealkylation sites (tertiary alicyclic amines) is 1. The van der Waals surface area contributed by atoms with Gasteiger partial charge >= 0.3 is 12.1 Å². The summed E-state index contributed by atoms with van der Waals surface area (Å²) in [5.41, 5.74) is 1.23. The van der Waals surface area contributed by atoms with Gasteiger partial charge in [0.1, 0.15) is 11.4 Å². The summed E-state index contributed by atoms with van der Waals surface area (Å²) in [5.74, 6) is 1.37. The Morgan fingerprint density at radius 1 is 1.18 bits per heavy atom. The predicted molar refractivity (Wildman–Crippen MR) is 128 cm³/mol. The van der Waals surface area contributed by atoms with Gasteiger partial charge in [-0.15, -0.1) is 0 Å². The number of hydrogen-bond acceptors (Lipinski definition) is 5. The lowest BCUT2D eigenvalue weighted by molar-refractivity contribution is 0.0253. The van der Waals surface area contributed by atoms with Gasteiger partial charge in [0.25, 0.3) is 0 Å². The molecule has 1 N–H and O–H groups in total. The first kappa shape index (κ1) is 24.4. The molecule has 1 unspecified atom stereocenters. The number of hydrogen-bond donors (Lipinski definition) is 1. The minimum absolute atomic E-state index is 0.173. The van der Waals surface area contributed by atoms with Gasteiger partial charge in [0.2, 0.25) is 5.88 Å². The van der Waals surface area contributed by atoms with Crippen molar-refractivity contribution in [3.63, 3.8) is 0 Å². The van der Waals surface area contributed by atoms with Crippen molar-refractivity contribution in [1.82, 2.24) is 14.8 Å². The molecule has 2 heterocycles. The molecular formula is C25H34N4O4. The van der Waals surface area contributed by atoms with Gasteiger partial charge in [-0.3, -0.25) is 0 Å². The Morgan fingerprint density at radius 3 is 2.55 bits per heavy atom. The van der Waals surface area contributed by atoms with Crippen LogP contribution in [0.3, 0.4) is 0 Å². The van der Waals surface area contributed by atoms with Crippen LogP contribution in [0.1, 0.15) is 39.2 Å². The second-order valence-electron chi connectivity index (χ2n) is 9.55. The van der Waals surface area contributed by atoms with Crippen LogP contribution in [0.4, 0.5) is 15.3 Å². The van der Waals surface area contributed by atoms with Crippen LogP contribution in [0.25, 0.3) is 0 Å². The van der Waals surface area contributed by atoms with E-state index in [0.29, 0.717) is 37.0 Å². The maximum Gasteiger partial charge on any atom is 0.410 e. The van der Waals surface area contributed by atoms with E-state index in [0.717, 1.165) is 18.4 Å². The first-order chi connectivity index (χ1) is 15.6. The van der Waals surface area contributed by atoms with E-state index >= 15 is 0 Å². The molecule has 1 aliphatic rings. The number of piperidine rings is 1. The van der Waals surface area contributed by atoms with Crippen LogP contribution < -0.4 is 10.1 Å². The van der Waals surface area contributed by atoms with Crippen LogP contribution >= 0.6 is 0 Å². The summed E-state index contributed by atoms with van der Waals surface area (Å²) in [4.78, 5) is 32.7. The first-order valence-corrected chi connectivity index (χ1v) is 11.3. The van der Waals surface area contributed by atoms with E-state index < -0.39 is 5.60 Å². The van der Waals surface area contributed by atoms with Crippen LogP contribution in [0.5, 0.6) is 11.6 Å². The minimum atomic E-state index is -0.529. The highest BCUT2D eigenvalue weighted by atomic mass is 16.6. The van der Waals surface area contributed by atoms with E-state index in [-0.39, 0.29) is 18.0 Å². The highest BCUT2D eigenvalue weighted by molar-refractivity contribution is 5.89. The highest BCUT2D eigenvalue weighted by Crippen LogP contribution is 2.22. The lowest BCUT2D eigenvalue weighted by atomic mass is 9.98. The Kier molecular flexibility index (Phi) is 7.79. The van der Waals surface area contributed by atoms with E-state index in [1.165, 1.54) is 0 Å². The monoisotopic (exact) mass is 454 g/mol. The molecular weight excluding hydrogens is 420 g/mol. The Hall–Kier alpha value is -3.29. The molecule has 1 saturated heterocycles. The summed E-state index contributed by atoms with van der Waals surface area (Å²) >= 11 is 0. The zero-order valence-corrected chi connectivity index (χ0v) is 20.1. The smallest absolute Gasteiger partial charge is 0.410 e. The van der Waals surface area contributed by atoms with Gasteiger partial charge in [-0.2, -0.15) is 0 Å². The van der Waals surface area contributed by atoms with Gasteiger partial charge in [-0.05, 0) is 64.7 Å². The predicted octanol–water partition coefficient (Wildman–Crippen LogP) is 5.29. The normalized spacial score (nSPS) is 16.2. The summed E-state index contributed by atoms with van der Waals surface area (Å²) < 4.78 is 11.2. The second-order valence-corrected chi connectivity index (χ2v) is 9.55. The zero-order chi connectivity index (χ0) is 24.0. The van der Waals surface area contributed by atoms with Crippen LogP contribution in [0.15, 0.2) is 42.6 Å². The van der Waals surface area contributed by atoms with Crippen molar-refractivity contribution in [1.29, 1.82) is 0 Å². The number of urea groups is 1. The minimum Gasteiger partial charge on any atom is -0.444 e. The fourth-order valence-electron chi connectivity index (χ4n) is 3.64. The van der Waals surface area contributed by atoms with Crippen molar-refractivity contribution in [3.8, 4) is 11.6 Å². The summed E-state index contributed by atoms with van der Waals surface area (Å²) in [7, 11) is 1.74. The van der Waals surface area contributed by atoms with Crippen LogP contribution in [-0.2, 0) is 4.74 Å². The molecule has 2 aromatic rings. The Labute approximate surface area is 195 Å². The quantitative estimate of drug-likeness (QED) is 0.663. The number of nitrogens with zero attached hydrogens (tertiary/aromatic N) is 3. The van der Waals surface area contributed by atoms with Gasteiger partial charge in [0, 0.05) is 32.7 Å².